The van der Waals surface area contributed by atoms with Crippen LogP contribution in [0.5, 0.6) is 5.75 Å². The molecule has 184 valence electrons. The predicted molar refractivity (Wildman–Crippen MR) is 135 cm³/mol. The molecule has 1 N–H and O–H groups in total. The number of anilines is 1. The zero-order valence-electron chi connectivity index (χ0n) is 20.6. The first-order chi connectivity index (χ1) is 17.3. The Labute approximate surface area is 208 Å². The van der Waals surface area contributed by atoms with Crippen LogP contribution in [0.2, 0.25) is 0 Å². The van der Waals surface area contributed by atoms with Crippen molar-refractivity contribution in [3.63, 3.8) is 0 Å². The van der Waals surface area contributed by atoms with Crippen LogP contribution in [-0.4, -0.2) is 22.7 Å². The fraction of sp³-hybridized carbons (Fsp3) is 0.310. The highest BCUT2D eigenvalue weighted by atomic mass is 19.1. The van der Waals surface area contributed by atoms with E-state index >= 15 is 4.39 Å². The van der Waals surface area contributed by atoms with Crippen molar-refractivity contribution < 1.29 is 23.4 Å². The summed E-state index contributed by atoms with van der Waals surface area (Å²) < 4.78 is 26.9. The topological polar surface area (TPSA) is 75.8 Å². The minimum atomic E-state index is -0.910. The standard InChI is InChI=1S/C29H27FN2O4/c1-15-18-7-6-10-35-28(18)23(30)11-19(15)27-17(3)22-14-32(13-21(22)16(2)20(27)12-26(33)34)29-31-24-8-4-5-9-25(24)36-29/h4-5,8-9,11H,6-7,10,12-14H2,1-3H3,(H,33,34). The number of carbonyl (C=O) groups is 1. The lowest BCUT2D eigenvalue weighted by molar-refractivity contribution is -0.136. The van der Waals surface area contributed by atoms with Gasteiger partial charge in [-0.15, -0.1) is 0 Å². The van der Waals surface area contributed by atoms with Crippen molar-refractivity contribution in [1.82, 2.24) is 4.98 Å². The van der Waals surface area contributed by atoms with Gasteiger partial charge in [0.2, 0.25) is 0 Å². The van der Waals surface area contributed by atoms with Crippen LogP contribution in [0.25, 0.3) is 22.2 Å². The second kappa shape index (κ2) is 8.36. The number of ether oxygens (including phenoxy) is 1. The molecule has 0 saturated heterocycles. The van der Waals surface area contributed by atoms with Crippen LogP contribution in [0.15, 0.2) is 34.7 Å². The summed E-state index contributed by atoms with van der Waals surface area (Å²) in [7, 11) is 0. The van der Waals surface area contributed by atoms with Gasteiger partial charge < -0.3 is 19.2 Å². The summed E-state index contributed by atoms with van der Waals surface area (Å²) in [5.41, 5.74) is 9.77. The first-order valence-corrected chi connectivity index (χ1v) is 12.2. The van der Waals surface area contributed by atoms with Gasteiger partial charge in [0.25, 0.3) is 6.01 Å². The fourth-order valence-corrected chi connectivity index (χ4v) is 5.85. The van der Waals surface area contributed by atoms with Crippen molar-refractivity contribution in [2.24, 2.45) is 0 Å². The van der Waals surface area contributed by atoms with Crippen LogP contribution < -0.4 is 9.64 Å². The summed E-state index contributed by atoms with van der Waals surface area (Å²) in [6.45, 7) is 7.65. The van der Waals surface area contributed by atoms with E-state index in [-0.39, 0.29) is 6.42 Å². The van der Waals surface area contributed by atoms with E-state index in [1.807, 2.05) is 45.0 Å². The highest BCUT2D eigenvalue weighted by molar-refractivity contribution is 5.84. The minimum absolute atomic E-state index is 0.132. The average Bonchev–Trinajstić information content (AvgIpc) is 3.50. The fourth-order valence-electron chi connectivity index (χ4n) is 5.85. The van der Waals surface area contributed by atoms with Gasteiger partial charge in [-0.3, -0.25) is 4.79 Å². The lowest BCUT2D eigenvalue weighted by Crippen LogP contribution is -2.14. The van der Waals surface area contributed by atoms with Gasteiger partial charge in [0, 0.05) is 18.7 Å². The van der Waals surface area contributed by atoms with E-state index in [1.165, 1.54) is 6.07 Å². The Hall–Kier alpha value is -3.87. The van der Waals surface area contributed by atoms with E-state index in [1.54, 1.807) is 0 Å². The Bertz CT molecular complexity index is 1520. The Morgan fingerprint density at radius 1 is 1.08 bits per heavy atom. The lowest BCUT2D eigenvalue weighted by atomic mass is 9.81. The van der Waals surface area contributed by atoms with Crippen molar-refractivity contribution in [3.8, 4) is 16.9 Å². The molecule has 6 rings (SSSR count). The molecule has 0 radical (unpaired) electrons. The molecule has 36 heavy (non-hydrogen) atoms. The normalized spacial score (nSPS) is 14.6. The van der Waals surface area contributed by atoms with E-state index < -0.39 is 11.8 Å². The summed E-state index contributed by atoms with van der Waals surface area (Å²) >= 11 is 0. The van der Waals surface area contributed by atoms with E-state index in [2.05, 4.69) is 9.88 Å². The number of hydrogen-bond donors (Lipinski definition) is 1. The van der Waals surface area contributed by atoms with Gasteiger partial charge in [0.1, 0.15) is 5.52 Å². The van der Waals surface area contributed by atoms with Crippen molar-refractivity contribution in [3.05, 3.63) is 75.1 Å². The number of oxazole rings is 1. The molecule has 0 bridgehead atoms. The second-order valence-electron chi connectivity index (χ2n) is 9.74. The molecule has 0 unspecified atom stereocenters. The lowest BCUT2D eigenvalue weighted by Gasteiger charge is -2.25. The predicted octanol–water partition coefficient (Wildman–Crippen LogP) is 6.03. The van der Waals surface area contributed by atoms with E-state index in [0.717, 1.165) is 74.0 Å². The maximum Gasteiger partial charge on any atom is 0.307 e. The summed E-state index contributed by atoms with van der Waals surface area (Å²) in [5.74, 6) is -0.968. The molecule has 2 aliphatic rings. The van der Waals surface area contributed by atoms with Gasteiger partial charge in [-0.1, -0.05) is 12.1 Å². The van der Waals surface area contributed by atoms with Gasteiger partial charge >= 0.3 is 5.97 Å². The van der Waals surface area contributed by atoms with Gasteiger partial charge in [0.15, 0.2) is 17.1 Å². The molecule has 3 aromatic carbocycles. The van der Waals surface area contributed by atoms with Gasteiger partial charge in [-0.25, -0.2) is 4.39 Å². The molecular weight excluding hydrogens is 459 g/mol. The zero-order chi connectivity index (χ0) is 25.1. The molecule has 0 fully saturated rings. The Morgan fingerprint density at radius 2 is 1.83 bits per heavy atom. The summed E-state index contributed by atoms with van der Waals surface area (Å²) in [6.07, 6.45) is 1.45. The molecule has 0 saturated carbocycles. The number of hydrogen-bond acceptors (Lipinski definition) is 5. The van der Waals surface area contributed by atoms with Crippen LogP contribution >= 0.6 is 0 Å². The maximum absolute atomic E-state index is 15.2. The van der Waals surface area contributed by atoms with Crippen LogP contribution in [0.3, 0.4) is 0 Å². The Kier molecular flexibility index (Phi) is 5.25. The smallest absolute Gasteiger partial charge is 0.307 e. The second-order valence-corrected chi connectivity index (χ2v) is 9.74. The van der Waals surface area contributed by atoms with E-state index in [0.29, 0.717) is 31.5 Å². The molecule has 6 nitrogen and oxygen atoms in total. The zero-order valence-corrected chi connectivity index (χ0v) is 20.6. The molecule has 0 amide bonds. The Balaban J connectivity index is 1.52. The molecule has 7 heteroatoms. The van der Waals surface area contributed by atoms with Crippen LogP contribution in [0.1, 0.15) is 45.4 Å². The van der Waals surface area contributed by atoms with Gasteiger partial charge in [-0.05, 0) is 96.3 Å². The number of carboxylic acid groups (broad SMARTS) is 1. The third-order valence-electron chi connectivity index (χ3n) is 7.68. The number of aliphatic carboxylic acids is 1. The summed E-state index contributed by atoms with van der Waals surface area (Å²) in [5, 5.41) is 9.80. The first-order valence-electron chi connectivity index (χ1n) is 12.2. The number of benzene rings is 3. The van der Waals surface area contributed by atoms with E-state index in [9.17, 15) is 9.90 Å². The number of carboxylic acids is 1. The van der Waals surface area contributed by atoms with Gasteiger partial charge in [-0.2, -0.15) is 4.98 Å². The number of nitrogens with zero attached hydrogens (tertiary/aromatic N) is 2. The number of halogens is 1. The number of rotatable bonds is 4. The third kappa shape index (κ3) is 3.45. The number of para-hydroxylation sites is 2. The highest BCUT2D eigenvalue weighted by Gasteiger charge is 2.32. The average molecular weight is 487 g/mol. The quantitative estimate of drug-likeness (QED) is 0.380. The largest absolute Gasteiger partial charge is 0.490 e. The Morgan fingerprint density at radius 3 is 2.58 bits per heavy atom. The van der Waals surface area contributed by atoms with Crippen molar-refractivity contribution in [2.45, 2.75) is 53.1 Å². The SMILES string of the molecule is Cc1c(-c2c(C)c3c(c(C)c2CC(=O)O)CN(c2nc4ccccc4o2)C3)cc(F)c2c1CCCO2. The first kappa shape index (κ1) is 22.6. The van der Waals surface area contributed by atoms with Crippen LogP contribution in [-0.2, 0) is 30.7 Å². The van der Waals surface area contributed by atoms with Gasteiger partial charge in [0.05, 0.1) is 13.0 Å². The molecule has 0 spiro atoms. The van der Waals surface area contributed by atoms with Crippen molar-refractivity contribution >= 4 is 23.1 Å². The molecule has 4 aromatic rings. The third-order valence-corrected chi connectivity index (χ3v) is 7.68. The van der Waals surface area contributed by atoms with Crippen LogP contribution in [0, 0.1) is 26.6 Å². The molecule has 2 aliphatic heterocycles. The minimum Gasteiger partial charge on any atom is -0.490 e. The van der Waals surface area contributed by atoms with E-state index in [4.69, 9.17) is 9.15 Å². The number of fused-ring (bicyclic) bond motifs is 3. The van der Waals surface area contributed by atoms with Crippen LogP contribution in [0.4, 0.5) is 10.4 Å². The molecule has 0 atom stereocenters. The van der Waals surface area contributed by atoms with Crippen molar-refractivity contribution in [1.29, 1.82) is 0 Å². The molecule has 1 aromatic heterocycles. The molecular formula is C29H27FN2O4. The monoisotopic (exact) mass is 486 g/mol. The molecule has 3 heterocycles. The highest BCUT2D eigenvalue weighted by Crippen LogP contribution is 2.44. The molecule has 0 aliphatic carbocycles. The van der Waals surface area contributed by atoms with Crippen molar-refractivity contribution in [2.75, 3.05) is 11.5 Å². The summed E-state index contributed by atoms with van der Waals surface area (Å²) in [6, 6.07) is 9.72. The summed E-state index contributed by atoms with van der Waals surface area (Å²) in [4.78, 5) is 18.7. The number of aromatic nitrogens is 1. The maximum atomic E-state index is 15.2.